The molecule has 0 fully saturated rings. The Balaban J connectivity index is 2.42. The molecule has 0 aliphatic heterocycles. The summed E-state index contributed by atoms with van der Waals surface area (Å²) in [6.07, 6.45) is 0. The maximum Gasteiger partial charge on any atom is 0.274 e. The van der Waals surface area contributed by atoms with E-state index in [-0.39, 0.29) is 12.2 Å². The second kappa shape index (κ2) is 8.57. The highest BCUT2D eigenvalue weighted by molar-refractivity contribution is 5.40. The van der Waals surface area contributed by atoms with Crippen molar-refractivity contribution in [3.8, 4) is 0 Å². The number of ether oxygens (including phenoxy) is 1. The fraction of sp³-hybridized carbons (Fsp3) is 0.538. The third-order valence-electron chi connectivity index (χ3n) is 2.90. The van der Waals surface area contributed by atoms with Crippen LogP contribution in [0.4, 0.5) is 10.1 Å². The first-order valence-electron chi connectivity index (χ1n) is 6.35. The van der Waals surface area contributed by atoms with Crippen LogP contribution in [0, 0.1) is 15.9 Å². The SMILES string of the molecule is COCCN(C)CCNCc1cc(F)ccc1[N+](=O)[O-]. The van der Waals surface area contributed by atoms with Crippen LogP contribution in [0.15, 0.2) is 18.2 Å². The topological polar surface area (TPSA) is 67.6 Å². The van der Waals surface area contributed by atoms with Gasteiger partial charge in [-0.15, -0.1) is 0 Å². The fourth-order valence-electron chi connectivity index (χ4n) is 1.73. The van der Waals surface area contributed by atoms with Gasteiger partial charge in [-0.3, -0.25) is 10.1 Å². The third kappa shape index (κ3) is 5.60. The Morgan fingerprint density at radius 2 is 2.20 bits per heavy atom. The zero-order chi connectivity index (χ0) is 15.0. The lowest BCUT2D eigenvalue weighted by atomic mass is 10.1. The van der Waals surface area contributed by atoms with Gasteiger partial charge in [-0.2, -0.15) is 0 Å². The number of rotatable bonds is 9. The quantitative estimate of drug-likeness (QED) is 0.422. The normalized spacial score (nSPS) is 11.0. The van der Waals surface area contributed by atoms with E-state index in [1.54, 1.807) is 7.11 Å². The molecular weight excluding hydrogens is 265 g/mol. The number of benzene rings is 1. The van der Waals surface area contributed by atoms with Gasteiger partial charge in [0.05, 0.1) is 11.5 Å². The zero-order valence-corrected chi connectivity index (χ0v) is 11.8. The van der Waals surface area contributed by atoms with E-state index in [0.29, 0.717) is 18.7 Å². The zero-order valence-electron chi connectivity index (χ0n) is 11.8. The van der Waals surface area contributed by atoms with Crippen molar-refractivity contribution in [3.05, 3.63) is 39.7 Å². The lowest BCUT2D eigenvalue weighted by Crippen LogP contribution is -2.31. The van der Waals surface area contributed by atoms with Crippen LogP contribution in [0.5, 0.6) is 0 Å². The van der Waals surface area contributed by atoms with E-state index < -0.39 is 10.7 Å². The summed E-state index contributed by atoms with van der Waals surface area (Å²) in [5.41, 5.74) is 0.293. The molecule has 0 unspecified atom stereocenters. The van der Waals surface area contributed by atoms with Gasteiger partial charge in [-0.1, -0.05) is 0 Å². The largest absolute Gasteiger partial charge is 0.383 e. The van der Waals surface area contributed by atoms with Crippen LogP contribution in [0.1, 0.15) is 5.56 Å². The average molecular weight is 285 g/mol. The summed E-state index contributed by atoms with van der Waals surface area (Å²) in [5.74, 6) is -0.468. The summed E-state index contributed by atoms with van der Waals surface area (Å²) >= 11 is 0. The highest BCUT2D eigenvalue weighted by Gasteiger charge is 2.13. The van der Waals surface area contributed by atoms with E-state index in [9.17, 15) is 14.5 Å². The molecule has 0 atom stereocenters. The first-order valence-corrected chi connectivity index (χ1v) is 6.35. The minimum atomic E-state index is -0.499. The monoisotopic (exact) mass is 285 g/mol. The molecule has 0 aromatic heterocycles. The van der Waals surface area contributed by atoms with Crippen molar-refractivity contribution in [2.75, 3.05) is 40.4 Å². The summed E-state index contributed by atoms with van der Waals surface area (Å²) < 4.78 is 18.1. The highest BCUT2D eigenvalue weighted by Crippen LogP contribution is 2.19. The highest BCUT2D eigenvalue weighted by atomic mass is 19.1. The lowest BCUT2D eigenvalue weighted by molar-refractivity contribution is -0.385. The van der Waals surface area contributed by atoms with E-state index in [1.165, 1.54) is 12.1 Å². The van der Waals surface area contributed by atoms with Crippen molar-refractivity contribution in [2.45, 2.75) is 6.54 Å². The lowest BCUT2D eigenvalue weighted by Gasteiger charge is -2.16. The maximum absolute atomic E-state index is 13.1. The smallest absolute Gasteiger partial charge is 0.274 e. The Labute approximate surface area is 117 Å². The minimum absolute atomic E-state index is 0.0633. The summed E-state index contributed by atoms with van der Waals surface area (Å²) in [4.78, 5) is 12.4. The Morgan fingerprint density at radius 1 is 1.45 bits per heavy atom. The summed E-state index contributed by atoms with van der Waals surface area (Å²) in [5, 5.41) is 13.9. The molecule has 1 N–H and O–H groups in total. The first kappa shape index (κ1) is 16.5. The van der Waals surface area contributed by atoms with E-state index in [2.05, 4.69) is 10.2 Å². The molecule has 1 aromatic carbocycles. The first-order chi connectivity index (χ1) is 9.54. The van der Waals surface area contributed by atoms with E-state index in [1.807, 2.05) is 7.05 Å². The van der Waals surface area contributed by atoms with Crippen molar-refractivity contribution in [3.63, 3.8) is 0 Å². The average Bonchev–Trinajstić information content (AvgIpc) is 2.41. The van der Waals surface area contributed by atoms with Crippen LogP contribution in [0.25, 0.3) is 0 Å². The Morgan fingerprint density at radius 3 is 2.85 bits per heavy atom. The summed E-state index contributed by atoms with van der Waals surface area (Å²) in [7, 11) is 3.61. The van der Waals surface area contributed by atoms with Gasteiger partial charge in [-0.25, -0.2) is 4.39 Å². The van der Waals surface area contributed by atoms with Gasteiger partial charge in [0.25, 0.3) is 5.69 Å². The number of halogens is 1. The number of nitrogens with zero attached hydrogens (tertiary/aromatic N) is 2. The molecule has 0 aliphatic carbocycles. The van der Waals surface area contributed by atoms with E-state index in [4.69, 9.17) is 4.74 Å². The van der Waals surface area contributed by atoms with Gasteiger partial charge < -0.3 is 15.0 Å². The molecule has 0 saturated carbocycles. The van der Waals surface area contributed by atoms with E-state index >= 15 is 0 Å². The molecule has 0 aliphatic rings. The molecule has 7 heteroatoms. The van der Waals surface area contributed by atoms with Crippen LogP contribution >= 0.6 is 0 Å². The van der Waals surface area contributed by atoms with Crippen molar-refractivity contribution in [1.29, 1.82) is 0 Å². The molecule has 0 spiro atoms. The van der Waals surface area contributed by atoms with Crippen LogP contribution < -0.4 is 5.32 Å². The van der Waals surface area contributed by atoms with Crippen molar-refractivity contribution in [1.82, 2.24) is 10.2 Å². The maximum atomic E-state index is 13.1. The van der Waals surface area contributed by atoms with Crippen molar-refractivity contribution >= 4 is 5.69 Å². The van der Waals surface area contributed by atoms with Gasteiger partial charge in [0.15, 0.2) is 0 Å². The Kier molecular flexibility index (Phi) is 7.06. The van der Waals surface area contributed by atoms with Crippen molar-refractivity contribution < 1.29 is 14.1 Å². The number of likely N-dealkylation sites (N-methyl/N-ethyl adjacent to an activating group) is 1. The molecule has 112 valence electrons. The Hall–Kier alpha value is -1.57. The fourth-order valence-corrected chi connectivity index (χ4v) is 1.73. The predicted molar refractivity (Wildman–Crippen MR) is 74.1 cm³/mol. The summed E-state index contributed by atoms with van der Waals surface area (Å²) in [6, 6.07) is 3.48. The number of hydrogen-bond donors (Lipinski definition) is 1. The number of nitrogens with one attached hydrogen (secondary N) is 1. The van der Waals surface area contributed by atoms with Crippen LogP contribution in [0.2, 0.25) is 0 Å². The second-order valence-corrected chi connectivity index (χ2v) is 4.50. The van der Waals surface area contributed by atoms with Crippen molar-refractivity contribution in [2.24, 2.45) is 0 Å². The molecule has 0 bridgehead atoms. The summed E-state index contributed by atoms with van der Waals surface area (Å²) in [6.45, 7) is 3.19. The molecule has 0 saturated heterocycles. The van der Waals surface area contributed by atoms with Gasteiger partial charge in [0.1, 0.15) is 5.82 Å². The standard InChI is InChI=1S/C13H20FN3O3/c1-16(7-8-20-2)6-5-15-10-11-9-12(14)3-4-13(11)17(18)19/h3-4,9,15H,5-8,10H2,1-2H3. The third-order valence-corrected chi connectivity index (χ3v) is 2.90. The molecule has 1 rings (SSSR count). The number of nitro benzene ring substituents is 1. The Bertz CT molecular complexity index is 443. The molecule has 0 radical (unpaired) electrons. The van der Waals surface area contributed by atoms with Crippen LogP contribution in [-0.4, -0.2) is 50.2 Å². The molecule has 1 aromatic rings. The molecular formula is C13H20FN3O3. The second-order valence-electron chi connectivity index (χ2n) is 4.50. The van der Waals surface area contributed by atoms with Crippen LogP contribution in [0.3, 0.4) is 0 Å². The van der Waals surface area contributed by atoms with Gasteiger partial charge in [0.2, 0.25) is 0 Å². The molecule has 0 heterocycles. The number of nitro groups is 1. The van der Waals surface area contributed by atoms with Crippen LogP contribution in [-0.2, 0) is 11.3 Å². The molecule has 6 nitrogen and oxygen atoms in total. The minimum Gasteiger partial charge on any atom is -0.383 e. The molecule has 20 heavy (non-hydrogen) atoms. The number of hydrogen-bond acceptors (Lipinski definition) is 5. The molecule has 0 amide bonds. The number of methoxy groups -OCH3 is 1. The predicted octanol–water partition coefficient (Wildman–Crippen LogP) is 1.40. The van der Waals surface area contributed by atoms with Gasteiger partial charge in [0, 0.05) is 44.9 Å². The van der Waals surface area contributed by atoms with E-state index in [0.717, 1.165) is 19.2 Å². The van der Waals surface area contributed by atoms with Gasteiger partial charge in [-0.05, 0) is 19.2 Å². The van der Waals surface area contributed by atoms with Gasteiger partial charge >= 0.3 is 0 Å².